The van der Waals surface area contributed by atoms with E-state index in [9.17, 15) is 9.90 Å². The Balaban J connectivity index is 1.98. The number of nitrogens with zero attached hydrogens (tertiary/aromatic N) is 2. The zero-order chi connectivity index (χ0) is 13.0. The van der Waals surface area contributed by atoms with Crippen LogP contribution in [0.15, 0.2) is 18.3 Å². The molecule has 18 heavy (non-hydrogen) atoms. The number of carbonyl (C=O) groups is 1. The molecule has 5 heteroatoms. The van der Waals surface area contributed by atoms with Crippen LogP contribution in [0.25, 0.3) is 0 Å². The average molecular weight is 249 g/mol. The van der Waals surface area contributed by atoms with Crippen molar-refractivity contribution in [3.05, 3.63) is 24.0 Å². The van der Waals surface area contributed by atoms with Gasteiger partial charge in [-0.05, 0) is 44.5 Å². The Morgan fingerprint density at radius 1 is 1.56 bits per heavy atom. The lowest BCUT2D eigenvalue weighted by atomic mass is 9.96. The molecule has 2 heterocycles. The molecule has 0 radical (unpaired) electrons. The third-order valence-electron chi connectivity index (χ3n) is 3.38. The monoisotopic (exact) mass is 249 g/mol. The Kier molecular flexibility index (Phi) is 4.15. The molecular weight excluding hydrogens is 230 g/mol. The quantitative estimate of drug-likeness (QED) is 0.834. The van der Waals surface area contributed by atoms with Crippen LogP contribution in [-0.4, -0.2) is 47.6 Å². The molecule has 0 unspecified atom stereocenters. The van der Waals surface area contributed by atoms with Crippen molar-refractivity contribution in [2.75, 3.05) is 26.7 Å². The van der Waals surface area contributed by atoms with E-state index >= 15 is 0 Å². The van der Waals surface area contributed by atoms with Gasteiger partial charge in [-0.3, -0.25) is 4.79 Å². The number of pyridine rings is 1. The van der Waals surface area contributed by atoms with E-state index < -0.39 is 0 Å². The summed E-state index contributed by atoms with van der Waals surface area (Å²) in [7, 11) is 1.95. The van der Waals surface area contributed by atoms with Crippen molar-refractivity contribution in [2.24, 2.45) is 5.92 Å². The van der Waals surface area contributed by atoms with E-state index in [0.29, 0.717) is 5.92 Å². The second-order valence-electron chi connectivity index (χ2n) is 4.66. The summed E-state index contributed by atoms with van der Waals surface area (Å²) in [6, 6.07) is 3.11. The largest absolute Gasteiger partial charge is 0.505 e. The van der Waals surface area contributed by atoms with Crippen molar-refractivity contribution in [3.63, 3.8) is 0 Å². The highest BCUT2D eigenvalue weighted by Gasteiger charge is 2.25. The summed E-state index contributed by atoms with van der Waals surface area (Å²) in [5.41, 5.74) is 0.157. The van der Waals surface area contributed by atoms with Gasteiger partial charge < -0.3 is 15.3 Å². The molecule has 0 aromatic carbocycles. The molecule has 0 saturated carbocycles. The van der Waals surface area contributed by atoms with E-state index in [2.05, 4.69) is 10.3 Å². The SMILES string of the molecule is CNCC1CCN(C(=O)c2ncccc2O)CC1. The molecule has 2 N–H and O–H groups in total. The van der Waals surface area contributed by atoms with Gasteiger partial charge in [0.1, 0.15) is 5.75 Å². The van der Waals surface area contributed by atoms with Gasteiger partial charge in [0.05, 0.1) is 0 Å². The first-order valence-electron chi connectivity index (χ1n) is 6.30. The molecule has 1 amide bonds. The lowest BCUT2D eigenvalue weighted by Crippen LogP contribution is -2.40. The highest BCUT2D eigenvalue weighted by Crippen LogP contribution is 2.20. The van der Waals surface area contributed by atoms with E-state index in [1.807, 2.05) is 7.05 Å². The van der Waals surface area contributed by atoms with Crippen LogP contribution in [0.1, 0.15) is 23.3 Å². The summed E-state index contributed by atoms with van der Waals surface area (Å²) in [6.45, 7) is 2.47. The number of piperidine rings is 1. The molecule has 1 aromatic rings. The molecule has 1 aliphatic heterocycles. The molecule has 2 rings (SSSR count). The van der Waals surface area contributed by atoms with Crippen molar-refractivity contribution >= 4 is 5.91 Å². The van der Waals surface area contributed by atoms with Gasteiger partial charge in [0.2, 0.25) is 0 Å². The van der Waals surface area contributed by atoms with Gasteiger partial charge in [-0.15, -0.1) is 0 Å². The second kappa shape index (κ2) is 5.82. The van der Waals surface area contributed by atoms with Crippen LogP contribution in [0, 0.1) is 5.92 Å². The smallest absolute Gasteiger partial charge is 0.276 e. The first-order chi connectivity index (χ1) is 8.72. The summed E-state index contributed by atoms with van der Waals surface area (Å²) in [6.07, 6.45) is 3.53. The molecule has 1 fully saturated rings. The molecule has 0 aliphatic carbocycles. The van der Waals surface area contributed by atoms with E-state index in [1.165, 1.54) is 12.3 Å². The fraction of sp³-hybridized carbons (Fsp3) is 0.538. The van der Waals surface area contributed by atoms with E-state index in [1.54, 1.807) is 11.0 Å². The first kappa shape index (κ1) is 12.8. The molecule has 0 bridgehead atoms. The van der Waals surface area contributed by atoms with E-state index in [-0.39, 0.29) is 17.4 Å². The minimum atomic E-state index is -0.170. The van der Waals surface area contributed by atoms with Crippen molar-refractivity contribution in [2.45, 2.75) is 12.8 Å². The maximum atomic E-state index is 12.2. The highest BCUT2D eigenvalue weighted by atomic mass is 16.3. The number of hydrogen-bond donors (Lipinski definition) is 2. The van der Waals surface area contributed by atoms with Gasteiger partial charge in [0, 0.05) is 19.3 Å². The number of likely N-dealkylation sites (tertiary alicyclic amines) is 1. The number of aromatic hydroxyl groups is 1. The van der Waals surface area contributed by atoms with Crippen LogP contribution in [0.4, 0.5) is 0 Å². The number of hydrogen-bond acceptors (Lipinski definition) is 4. The Labute approximate surface area is 107 Å². The van der Waals surface area contributed by atoms with Crippen LogP contribution in [0.2, 0.25) is 0 Å². The molecule has 1 saturated heterocycles. The molecular formula is C13H19N3O2. The highest BCUT2D eigenvalue weighted by molar-refractivity contribution is 5.94. The summed E-state index contributed by atoms with van der Waals surface area (Å²) in [5, 5.41) is 12.8. The number of rotatable bonds is 3. The van der Waals surface area contributed by atoms with Crippen molar-refractivity contribution < 1.29 is 9.90 Å². The van der Waals surface area contributed by atoms with Crippen LogP contribution in [0.3, 0.4) is 0 Å². The van der Waals surface area contributed by atoms with Crippen LogP contribution >= 0.6 is 0 Å². The van der Waals surface area contributed by atoms with Gasteiger partial charge in [-0.1, -0.05) is 0 Å². The molecule has 5 nitrogen and oxygen atoms in total. The maximum Gasteiger partial charge on any atom is 0.276 e. The number of amides is 1. The summed E-state index contributed by atoms with van der Waals surface area (Å²) in [4.78, 5) is 17.9. The number of nitrogens with one attached hydrogen (secondary N) is 1. The van der Waals surface area contributed by atoms with Gasteiger partial charge in [-0.25, -0.2) is 4.98 Å². The van der Waals surface area contributed by atoms with Gasteiger partial charge in [0.25, 0.3) is 5.91 Å². The van der Waals surface area contributed by atoms with E-state index in [4.69, 9.17) is 0 Å². The van der Waals surface area contributed by atoms with Gasteiger partial charge in [0.15, 0.2) is 5.69 Å². The van der Waals surface area contributed by atoms with Crippen LogP contribution < -0.4 is 5.32 Å². The number of aromatic nitrogens is 1. The minimum absolute atomic E-state index is 0.0418. The van der Waals surface area contributed by atoms with Crippen molar-refractivity contribution in [3.8, 4) is 5.75 Å². The predicted molar refractivity (Wildman–Crippen MR) is 68.5 cm³/mol. The van der Waals surface area contributed by atoms with Gasteiger partial charge in [-0.2, -0.15) is 0 Å². The Morgan fingerprint density at radius 3 is 2.89 bits per heavy atom. The standard InChI is InChI=1S/C13H19N3O2/c1-14-9-10-4-7-16(8-5-10)13(18)12-11(17)3-2-6-15-12/h2-3,6,10,14,17H,4-5,7-9H2,1H3. The Hall–Kier alpha value is -1.62. The fourth-order valence-electron chi connectivity index (χ4n) is 2.34. The fourth-order valence-corrected chi connectivity index (χ4v) is 2.34. The predicted octanol–water partition coefficient (Wildman–Crippen LogP) is 0.859. The zero-order valence-electron chi connectivity index (χ0n) is 10.6. The molecule has 1 aromatic heterocycles. The summed E-state index contributed by atoms with van der Waals surface area (Å²) >= 11 is 0. The van der Waals surface area contributed by atoms with E-state index in [0.717, 1.165) is 32.5 Å². The molecule has 1 aliphatic rings. The first-order valence-corrected chi connectivity index (χ1v) is 6.30. The molecule has 98 valence electrons. The van der Waals surface area contributed by atoms with Gasteiger partial charge >= 0.3 is 0 Å². The van der Waals surface area contributed by atoms with Crippen LogP contribution in [-0.2, 0) is 0 Å². The Morgan fingerprint density at radius 2 is 2.28 bits per heavy atom. The zero-order valence-corrected chi connectivity index (χ0v) is 10.6. The van der Waals surface area contributed by atoms with Crippen LogP contribution in [0.5, 0.6) is 5.75 Å². The molecule has 0 spiro atoms. The van der Waals surface area contributed by atoms with Crippen molar-refractivity contribution in [1.82, 2.24) is 15.2 Å². The summed E-state index contributed by atoms with van der Waals surface area (Å²) < 4.78 is 0. The normalized spacial score (nSPS) is 16.8. The minimum Gasteiger partial charge on any atom is -0.505 e. The topological polar surface area (TPSA) is 65.5 Å². The second-order valence-corrected chi connectivity index (χ2v) is 4.66. The lowest BCUT2D eigenvalue weighted by molar-refractivity contribution is 0.0681. The maximum absolute atomic E-state index is 12.2. The third-order valence-corrected chi connectivity index (χ3v) is 3.38. The summed E-state index contributed by atoms with van der Waals surface area (Å²) in [5.74, 6) is 0.423. The molecule has 0 atom stereocenters. The third kappa shape index (κ3) is 2.79. The number of carbonyl (C=O) groups excluding carboxylic acids is 1. The lowest BCUT2D eigenvalue weighted by Gasteiger charge is -2.31. The Bertz CT molecular complexity index is 414. The average Bonchev–Trinajstić information content (AvgIpc) is 2.40. The van der Waals surface area contributed by atoms with Crippen molar-refractivity contribution in [1.29, 1.82) is 0 Å².